The number of hydrogen-bond donors (Lipinski definition) is 2. The summed E-state index contributed by atoms with van der Waals surface area (Å²) in [7, 11) is 0. The molecule has 0 saturated carbocycles. The van der Waals surface area contributed by atoms with Crippen molar-refractivity contribution in [1.82, 2.24) is 0 Å². The van der Waals surface area contributed by atoms with E-state index in [-0.39, 0.29) is 0 Å². The fourth-order valence-corrected chi connectivity index (χ4v) is 1.85. The van der Waals surface area contributed by atoms with Crippen molar-refractivity contribution in [3.8, 4) is 0 Å². The van der Waals surface area contributed by atoms with E-state index >= 15 is 0 Å². The molecule has 16 heavy (non-hydrogen) atoms. The molecular weight excluding hydrogens is 285 g/mol. The van der Waals surface area contributed by atoms with Gasteiger partial charge in [-0.1, -0.05) is 15.9 Å². The average molecular weight is 297 g/mol. The van der Waals surface area contributed by atoms with Crippen LogP contribution in [0.4, 0.5) is 13.2 Å². The molecular formula is C10H12BrF3N2. The summed E-state index contributed by atoms with van der Waals surface area (Å²) >= 11 is 3.04. The number of alkyl halides is 3. The maximum atomic E-state index is 12.5. The van der Waals surface area contributed by atoms with E-state index in [9.17, 15) is 13.2 Å². The summed E-state index contributed by atoms with van der Waals surface area (Å²) in [5.41, 5.74) is 10.8. The van der Waals surface area contributed by atoms with Crippen molar-refractivity contribution in [2.75, 3.05) is 6.54 Å². The Bertz CT molecular complexity index is 366. The monoisotopic (exact) mass is 296 g/mol. The van der Waals surface area contributed by atoms with E-state index in [4.69, 9.17) is 11.5 Å². The highest BCUT2D eigenvalue weighted by atomic mass is 79.9. The van der Waals surface area contributed by atoms with Gasteiger partial charge in [-0.2, -0.15) is 13.2 Å². The number of nitrogens with two attached hydrogens (primary N) is 2. The maximum Gasteiger partial charge on any atom is 0.416 e. The van der Waals surface area contributed by atoms with E-state index in [1.54, 1.807) is 6.07 Å². The number of benzene rings is 1. The average Bonchev–Trinajstić information content (AvgIpc) is 2.16. The van der Waals surface area contributed by atoms with Crippen LogP contribution in [0.2, 0.25) is 0 Å². The van der Waals surface area contributed by atoms with Crippen LogP contribution in [0.25, 0.3) is 0 Å². The second-order valence-corrected chi connectivity index (χ2v) is 4.37. The lowest BCUT2D eigenvalue weighted by Gasteiger charge is -2.14. The van der Waals surface area contributed by atoms with Gasteiger partial charge in [-0.15, -0.1) is 0 Å². The van der Waals surface area contributed by atoms with Crippen molar-refractivity contribution in [3.05, 3.63) is 33.8 Å². The Balaban J connectivity index is 3.08. The third kappa shape index (κ3) is 3.47. The third-order valence-electron chi connectivity index (χ3n) is 2.15. The highest BCUT2D eigenvalue weighted by Gasteiger charge is 2.31. The largest absolute Gasteiger partial charge is 0.416 e. The van der Waals surface area contributed by atoms with Crippen LogP contribution >= 0.6 is 15.9 Å². The molecule has 1 aromatic rings. The highest BCUT2D eigenvalue weighted by Crippen LogP contribution is 2.33. The smallest absolute Gasteiger partial charge is 0.330 e. The van der Waals surface area contributed by atoms with E-state index in [1.807, 2.05) is 0 Å². The Morgan fingerprint density at radius 3 is 2.38 bits per heavy atom. The zero-order valence-corrected chi connectivity index (χ0v) is 9.98. The summed E-state index contributed by atoms with van der Waals surface area (Å²) in [4.78, 5) is 0. The fraction of sp³-hybridized carbons (Fsp3) is 0.400. The molecule has 2 nitrogen and oxygen atoms in total. The van der Waals surface area contributed by atoms with Crippen LogP contribution in [0, 0.1) is 0 Å². The minimum absolute atomic E-state index is 0.342. The van der Waals surface area contributed by atoms with Gasteiger partial charge in [0.2, 0.25) is 0 Å². The van der Waals surface area contributed by atoms with Gasteiger partial charge in [-0.05, 0) is 36.7 Å². The summed E-state index contributed by atoms with van der Waals surface area (Å²) in [6, 6.07) is 3.20. The first-order valence-corrected chi connectivity index (χ1v) is 5.47. The van der Waals surface area contributed by atoms with Gasteiger partial charge < -0.3 is 11.5 Å². The zero-order valence-electron chi connectivity index (χ0n) is 8.39. The van der Waals surface area contributed by atoms with E-state index in [0.29, 0.717) is 23.0 Å². The lowest BCUT2D eigenvalue weighted by molar-refractivity contribution is -0.137. The van der Waals surface area contributed by atoms with Crippen LogP contribution < -0.4 is 11.5 Å². The summed E-state index contributed by atoms with van der Waals surface area (Å²) in [6.45, 7) is 0.342. The Morgan fingerprint density at radius 1 is 1.25 bits per heavy atom. The molecule has 4 N–H and O–H groups in total. The predicted molar refractivity (Wildman–Crippen MR) is 59.7 cm³/mol. The minimum Gasteiger partial charge on any atom is -0.330 e. The second kappa shape index (κ2) is 5.16. The van der Waals surface area contributed by atoms with Gasteiger partial charge in [-0.3, -0.25) is 0 Å². The fourth-order valence-electron chi connectivity index (χ4n) is 1.34. The number of halogens is 4. The van der Waals surface area contributed by atoms with Gasteiger partial charge in [0, 0.05) is 10.5 Å². The number of rotatable bonds is 3. The standard InChI is InChI=1S/C10H12BrF3N2/c11-8-4-6(9(16)1-2-15)3-7(5-8)10(12,13)14/h3-5,9H,1-2,15-16H2/t9-/m1/s1. The van der Waals surface area contributed by atoms with Crippen molar-refractivity contribution >= 4 is 15.9 Å². The van der Waals surface area contributed by atoms with Crippen molar-refractivity contribution < 1.29 is 13.2 Å². The second-order valence-electron chi connectivity index (χ2n) is 3.45. The predicted octanol–water partition coefficient (Wildman–Crippen LogP) is 2.82. The molecule has 0 heterocycles. The molecule has 0 unspecified atom stereocenters. The first-order chi connectivity index (χ1) is 7.34. The van der Waals surface area contributed by atoms with Crippen LogP contribution in [-0.4, -0.2) is 6.54 Å². The number of hydrogen-bond acceptors (Lipinski definition) is 2. The summed E-state index contributed by atoms with van der Waals surface area (Å²) < 4.78 is 37.9. The van der Waals surface area contributed by atoms with Crippen LogP contribution in [0.15, 0.2) is 22.7 Å². The van der Waals surface area contributed by atoms with Gasteiger partial charge in [0.05, 0.1) is 5.56 Å². The van der Waals surface area contributed by atoms with Gasteiger partial charge in [-0.25, -0.2) is 0 Å². The lowest BCUT2D eigenvalue weighted by atomic mass is 10.0. The van der Waals surface area contributed by atoms with E-state index in [1.165, 1.54) is 0 Å². The first-order valence-electron chi connectivity index (χ1n) is 4.68. The quantitative estimate of drug-likeness (QED) is 0.901. The van der Waals surface area contributed by atoms with E-state index in [2.05, 4.69) is 15.9 Å². The highest BCUT2D eigenvalue weighted by molar-refractivity contribution is 9.10. The molecule has 0 amide bonds. The molecule has 0 aliphatic rings. The Labute approximate surface area is 99.9 Å². The summed E-state index contributed by atoms with van der Waals surface area (Å²) in [6.07, 6.45) is -3.91. The van der Waals surface area contributed by atoms with Gasteiger partial charge in [0.25, 0.3) is 0 Å². The molecule has 0 fully saturated rings. The summed E-state index contributed by atoms with van der Waals surface area (Å²) in [5.74, 6) is 0. The van der Waals surface area contributed by atoms with Gasteiger partial charge in [0.15, 0.2) is 0 Å². The molecule has 1 aromatic carbocycles. The van der Waals surface area contributed by atoms with Crippen molar-refractivity contribution in [3.63, 3.8) is 0 Å². The molecule has 6 heteroatoms. The molecule has 1 rings (SSSR count). The van der Waals surface area contributed by atoms with Crippen LogP contribution in [0.5, 0.6) is 0 Å². The maximum absolute atomic E-state index is 12.5. The van der Waals surface area contributed by atoms with Crippen LogP contribution in [-0.2, 0) is 6.18 Å². The molecule has 1 atom stereocenters. The SMILES string of the molecule is NCC[C@@H](N)c1cc(Br)cc(C(F)(F)F)c1. The molecule has 0 saturated heterocycles. The van der Waals surface area contributed by atoms with Gasteiger partial charge in [0.1, 0.15) is 0 Å². The van der Waals surface area contributed by atoms with E-state index in [0.717, 1.165) is 12.1 Å². The molecule has 0 aliphatic heterocycles. The molecule has 0 bridgehead atoms. The molecule has 0 aromatic heterocycles. The summed E-state index contributed by atoms with van der Waals surface area (Å²) in [5, 5.41) is 0. The Hall–Kier alpha value is -0.590. The Kier molecular flexibility index (Phi) is 4.35. The van der Waals surface area contributed by atoms with Crippen LogP contribution in [0.3, 0.4) is 0 Å². The van der Waals surface area contributed by atoms with Crippen molar-refractivity contribution in [1.29, 1.82) is 0 Å². The molecule has 0 radical (unpaired) electrons. The molecule has 0 aliphatic carbocycles. The molecule has 0 spiro atoms. The third-order valence-corrected chi connectivity index (χ3v) is 2.61. The van der Waals surface area contributed by atoms with Crippen molar-refractivity contribution in [2.24, 2.45) is 11.5 Å². The van der Waals surface area contributed by atoms with E-state index < -0.39 is 17.8 Å². The minimum atomic E-state index is -4.36. The topological polar surface area (TPSA) is 52.0 Å². The first kappa shape index (κ1) is 13.5. The normalized spacial score (nSPS) is 13.9. The zero-order chi connectivity index (χ0) is 12.3. The lowest BCUT2D eigenvalue weighted by Crippen LogP contribution is -2.16. The van der Waals surface area contributed by atoms with Crippen molar-refractivity contribution in [2.45, 2.75) is 18.6 Å². The molecule has 90 valence electrons. The Morgan fingerprint density at radius 2 is 1.88 bits per heavy atom. The van der Waals surface area contributed by atoms with Crippen LogP contribution in [0.1, 0.15) is 23.6 Å². The van der Waals surface area contributed by atoms with Gasteiger partial charge >= 0.3 is 6.18 Å².